The van der Waals surface area contributed by atoms with Gasteiger partial charge in [0.15, 0.2) is 5.65 Å². The van der Waals surface area contributed by atoms with Gasteiger partial charge in [-0.2, -0.15) is 5.10 Å². The molecule has 3 rings (SSSR count). The number of hydrogen-bond donors (Lipinski definition) is 1. The van der Waals surface area contributed by atoms with E-state index in [-0.39, 0.29) is 5.56 Å². The van der Waals surface area contributed by atoms with Crippen LogP contribution in [0.25, 0.3) is 23.2 Å². The maximum absolute atomic E-state index is 11.9. The third-order valence-electron chi connectivity index (χ3n) is 3.17. The highest BCUT2D eigenvalue weighted by Gasteiger charge is 2.06. The molecule has 0 aliphatic carbocycles. The van der Waals surface area contributed by atoms with Gasteiger partial charge >= 0.3 is 0 Å². The van der Waals surface area contributed by atoms with Crippen LogP contribution in [0.4, 0.5) is 0 Å². The molecule has 0 spiro atoms. The van der Waals surface area contributed by atoms with Gasteiger partial charge in [0.05, 0.1) is 13.3 Å². The third kappa shape index (κ3) is 2.55. The van der Waals surface area contributed by atoms with Crippen LogP contribution >= 0.6 is 0 Å². The summed E-state index contributed by atoms with van der Waals surface area (Å²) in [7, 11) is 3.38. The first-order valence-corrected chi connectivity index (χ1v) is 6.41. The first-order valence-electron chi connectivity index (χ1n) is 6.41. The molecule has 0 fully saturated rings. The topological polar surface area (TPSA) is 72.8 Å². The summed E-state index contributed by atoms with van der Waals surface area (Å²) in [6.45, 7) is 0. The maximum atomic E-state index is 11.9. The Morgan fingerprint density at radius 1 is 1.24 bits per heavy atom. The largest absolute Gasteiger partial charge is 0.497 e. The number of nitrogens with zero attached hydrogens (tertiary/aromatic N) is 3. The number of aromatic amines is 1. The number of aromatic nitrogens is 4. The van der Waals surface area contributed by atoms with Gasteiger partial charge in [0.1, 0.15) is 17.0 Å². The van der Waals surface area contributed by atoms with Crippen LogP contribution in [-0.2, 0) is 7.05 Å². The van der Waals surface area contributed by atoms with Crippen LogP contribution in [-0.4, -0.2) is 26.9 Å². The lowest BCUT2D eigenvalue weighted by Gasteiger charge is -1.99. The van der Waals surface area contributed by atoms with E-state index in [9.17, 15) is 4.79 Å². The average Bonchev–Trinajstić information content (AvgIpc) is 2.88. The van der Waals surface area contributed by atoms with E-state index in [1.54, 1.807) is 24.9 Å². The van der Waals surface area contributed by atoms with Crippen LogP contribution in [0.5, 0.6) is 5.75 Å². The van der Waals surface area contributed by atoms with Gasteiger partial charge in [-0.3, -0.25) is 9.48 Å². The summed E-state index contributed by atoms with van der Waals surface area (Å²) in [5.41, 5.74) is 1.36. The fourth-order valence-electron chi connectivity index (χ4n) is 2.02. The van der Waals surface area contributed by atoms with E-state index in [0.29, 0.717) is 16.9 Å². The second kappa shape index (κ2) is 5.24. The minimum Gasteiger partial charge on any atom is -0.497 e. The van der Waals surface area contributed by atoms with Crippen LogP contribution < -0.4 is 10.3 Å². The molecule has 1 aromatic carbocycles. The number of benzene rings is 1. The summed E-state index contributed by atoms with van der Waals surface area (Å²) >= 11 is 0. The predicted octanol–water partition coefficient (Wildman–Crippen LogP) is 1.84. The maximum Gasteiger partial charge on any atom is 0.262 e. The second-order valence-corrected chi connectivity index (χ2v) is 4.56. The van der Waals surface area contributed by atoms with Crippen molar-refractivity contribution in [2.24, 2.45) is 7.05 Å². The van der Waals surface area contributed by atoms with Crippen LogP contribution in [0.15, 0.2) is 35.3 Å². The van der Waals surface area contributed by atoms with Gasteiger partial charge in [-0.15, -0.1) is 0 Å². The summed E-state index contributed by atoms with van der Waals surface area (Å²) in [6, 6.07) is 7.60. The van der Waals surface area contributed by atoms with Crippen molar-refractivity contribution in [3.63, 3.8) is 0 Å². The molecule has 1 N–H and O–H groups in total. The highest BCUT2D eigenvalue weighted by atomic mass is 16.5. The monoisotopic (exact) mass is 282 g/mol. The van der Waals surface area contributed by atoms with E-state index < -0.39 is 0 Å². The minimum absolute atomic E-state index is 0.192. The number of nitrogens with one attached hydrogen (secondary N) is 1. The molecular formula is C15H14N4O2. The number of aryl methyl sites for hydroxylation is 1. The number of rotatable bonds is 3. The molecular weight excluding hydrogens is 268 g/mol. The molecule has 6 heteroatoms. The molecule has 106 valence electrons. The summed E-state index contributed by atoms with van der Waals surface area (Å²) in [6.07, 6.45) is 5.15. The Hall–Kier alpha value is -2.89. The standard InChI is InChI=1S/C15H14N4O2/c1-19-14-12(9-16-19)15(20)18-13(17-14)8-5-10-3-6-11(21-2)7-4-10/h3-9H,1-2H3,(H,17,18,20). The van der Waals surface area contributed by atoms with Gasteiger partial charge in [0.2, 0.25) is 0 Å². The Morgan fingerprint density at radius 2 is 2.00 bits per heavy atom. The van der Waals surface area contributed by atoms with Crippen molar-refractivity contribution in [2.75, 3.05) is 7.11 Å². The van der Waals surface area contributed by atoms with Crippen molar-refractivity contribution in [1.82, 2.24) is 19.7 Å². The van der Waals surface area contributed by atoms with Crippen LogP contribution in [0.1, 0.15) is 11.4 Å². The molecule has 0 bridgehead atoms. The van der Waals surface area contributed by atoms with Crippen molar-refractivity contribution >= 4 is 23.2 Å². The van der Waals surface area contributed by atoms with Gasteiger partial charge in [-0.25, -0.2) is 4.98 Å². The van der Waals surface area contributed by atoms with Crippen LogP contribution in [0.2, 0.25) is 0 Å². The molecule has 0 aliphatic heterocycles. The Kier molecular flexibility index (Phi) is 3.27. The number of fused-ring (bicyclic) bond motifs is 1. The Balaban J connectivity index is 1.94. The number of ether oxygens (including phenoxy) is 1. The minimum atomic E-state index is -0.192. The summed E-state index contributed by atoms with van der Waals surface area (Å²) in [4.78, 5) is 19.0. The highest BCUT2D eigenvalue weighted by molar-refractivity contribution is 5.75. The fraction of sp³-hybridized carbons (Fsp3) is 0.133. The molecule has 0 atom stereocenters. The number of H-pyrrole nitrogens is 1. The molecule has 2 aromatic heterocycles. The SMILES string of the molecule is COc1ccc(C=Cc2nc3c(cnn3C)c(=O)[nH]2)cc1. The number of methoxy groups -OCH3 is 1. The average molecular weight is 282 g/mol. The normalized spacial score (nSPS) is 11.3. The summed E-state index contributed by atoms with van der Waals surface area (Å²) in [5, 5.41) is 4.52. The Morgan fingerprint density at radius 3 is 2.71 bits per heavy atom. The highest BCUT2D eigenvalue weighted by Crippen LogP contribution is 2.13. The third-order valence-corrected chi connectivity index (χ3v) is 3.17. The molecule has 0 aliphatic rings. The molecule has 21 heavy (non-hydrogen) atoms. The van der Waals surface area contributed by atoms with Crippen LogP contribution in [0, 0.1) is 0 Å². The molecule has 0 saturated heterocycles. The number of hydrogen-bond acceptors (Lipinski definition) is 4. The van der Waals surface area contributed by atoms with Gasteiger partial charge in [-0.1, -0.05) is 18.2 Å². The Labute approximate surface area is 120 Å². The molecule has 2 heterocycles. The van der Waals surface area contributed by atoms with E-state index in [0.717, 1.165) is 11.3 Å². The zero-order chi connectivity index (χ0) is 14.8. The lowest BCUT2D eigenvalue weighted by atomic mass is 10.2. The van der Waals surface area contributed by atoms with E-state index in [4.69, 9.17) is 4.74 Å². The summed E-state index contributed by atoms with van der Waals surface area (Å²) in [5.74, 6) is 1.29. The van der Waals surface area contributed by atoms with Crippen molar-refractivity contribution in [3.8, 4) is 5.75 Å². The first-order chi connectivity index (χ1) is 10.2. The molecule has 6 nitrogen and oxygen atoms in total. The van der Waals surface area contributed by atoms with E-state index in [1.807, 2.05) is 30.3 Å². The first kappa shape index (κ1) is 13.1. The zero-order valence-corrected chi connectivity index (χ0v) is 11.7. The van der Waals surface area contributed by atoms with Gasteiger partial charge in [0.25, 0.3) is 5.56 Å². The molecule has 0 saturated carbocycles. The van der Waals surface area contributed by atoms with E-state index in [1.165, 1.54) is 6.20 Å². The molecule has 0 unspecified atom stereocenters. The van der Waals surface area contributed by atoms with Crippen molar-refractivity contribution < 1.29 is 4.74 Å². The lowest BCUT2D eigenvalue weighted by molar-refractivity contribution is 0.415. The Bertz CT molecular complexity index is 860. The zero-order valence-electron chi connectivity index (χ0n) is 11.7. The van der Waals surface area contributed by atoms with E-state index >= 15 is 0 Å². The fourth-order valence-corrected chi connectivity index (χ4v) is 2.02. The molecule has 0 radical (unpaired) electrons. The molecule has 0 amide bonds. The van der Waals surface area contributed by atoms with Gasteiger partial charge in [-0.05, 0) is 23.8 Å². The van der Waals surface area contributed by atoms with Crippen molar-refractivity contribution in [2.45, 2.75) is 0 Å². The van der Waals surface area contributed by atoms with Crippen molar-refractivity contribution in [1.29, 1.82) is 0 Å². The predicted molar refractivity (Wildman–Crippen MR) is 81.1 cm³/mol. The van der Waals surface area contributed by atoms with Gasteiger partial charge in [0, 0.05) is 7.05 Å². The smallest absolute Gasteiger partial charge is 0.262 e. The molecule has 3 aromatic rings. The van der Waals surface area contributed by atoms with E-state index in [2.05, 4.69) is 15.1 Å². The van der Waals surface area contributed by atoms with Gasteiger partial charge < -0.3 is 9.72 Å². The lowest BCUT2D eigenvalue weighted by Crippen LogP contribution is -2.09. The van der Waals surface area contributed by atoms with Crippen LogP contribution in [0.3, 0.4) is 0 Å². The quantitative estimate of drug-likeness (QED) is 0.795. The summed E-state index contributed by atoms with van der Waals surface area (Å²) < 4.78 is 6.69. The second-order valence-electron chi connectivity index (χ2n) is 4.56. The van der Waals surface area contributed by atoms with Crippen molar-refractivity contribution in [3.05, 3.63) is 52.2 Å².